The number of hydrogen-bond donors (Lipinski definition) is 1. The Kier molecular flexibility index (Phi) is 6.42. The van der Waals surface area contributed by atoms with Crippen LogP contribution in [0.3, 0.4) is 0 Å². The molecule has 0 unspecified atom stereocenters. The van der Waals surface area contributed by atoms with E-state index in [1.807, 2.05) is 32.9 Å². The number of amides is 1. The van der Waals surface area contributed by atoms with E-state index < -0.39 is 35.6 Å². The highest BCUT2D eigenvalue weighted by Gasteiger charge is 2.41. The predicted molar refractivity (Wildman–Crippen MR) is 95.5 cm³/mol. The van der Waals surface area contributed by atoms with E-state index in [4.69, 9.17) is 4.84 Å². The quantitative estimate of drug-likeness (QED) is 0.622. The number of Topliss-reactive ketones (excluding diaryl/α,β-unsaturated/α-hetero) is 3. The molecule has 140 valence electrons. The Morgan fingerprint density at radius 1 is 1.08 bits per heavy atom. The van der Waals surface area contributed by atoms with Gasteiger partial charge < -0.3 is 0 Å². The zero-order valence-electron chi connectivity index (χ0n) is 15.7. The molecule has 6 heteroatoms. The van der Waals surface area contributed by atoms with E-state index >= 15 is 0 Å². The second-order valence-electron chi connectivity index (χ2n) is 6.88. The van der Waals surface area contributed by atoms with Crippen molar-refractivity contribution in [2.24, 2.45) is 5.92 Å². The summed E-state index contributed by atoms with van der Waals surface area (Å²) < 4.78 is 0. The van der Waals surface area contributed by atoms with Crippen molar-refractivity contribution in [2.75, 3.05) is 6.61 Å². The molecular formula is C20H25NO5. The largest absolute Gasteiger partial charge is 0.298 e. The van der Waals surface area contributed by atoms with Gasteiger partial charge in [-0.3, -0.25) is 24.0 Å². The minimum absolute atomic E-state index is 0.139. The van der Waals surface area contributed by atoms with Crippen LogP contribution in [0.1, 0.15) is 54.4 Å². The summed E-state index contributed by atoms with van der Waals surface area (Å²) >= 11 is 0. The second kappa shape index (κ2) is 8.36. The Bertz CT molecular complexity index is 712. The Morgan fingerprint density at radius 2 is 1.62 bits per heavy atom. The topological polar surface area (TPSA) is 89.5 Å². The predicted octanol–water partition coefficient (Wildman–Crippen LogP) is 2.27. The lowest BCUT2D eigenvalue weighted by atomic mass is 9.73. The Balaban J connectivity index is 2.13. The third-order valence-corrected chi connectivity index (χ3v) is 4.67. The van der Waals surface area contributed by atoms with Gasteiger partial charge in [-0.25, -0.2) is 5.48 Å². The summed E-state index contributed by atoms with van der Waals surface area (Å²) in [5, 5.41) is 0. The molecule has 1 aliphatic rings. The first-order valence-corrected chi connectivity index (χ1v) is 8.81. The smallest absolute Gasteiger partial charge is 0.251 e. The number of carbonyl (C=O) groups excluding carboxylic acids is 4. The Labute approximate surface area is 153 Å². The molecule has 1 aromatic carbocycles. The van der Waals surface area contributed by atoms with Gasteiger partial charge in [0.15, 0.2) is 17.3 Å². The van der Waals surface area contributed by atoms with Gasteiger partial charge in [0.25, 0.3) is 5.91 Å². The number of ketones is 3. The SMILES string of the molecule is CCONC(=O)CC(=O)C1C(=O)CC(c2c(C)cc(C)cc2C)CC1=O. The maximum atomic E-state index is 12.5. The molecule has 6 nitrogen and oxygen atoms in total. The van der Waals surface area contributed by atoms with E-state index in [2.05, 4.69) is 5.48 Å². The van der Waals surface area contributed by atoms with E-state index in [1.54, 1.807) is 6.92 Å². The average molecular weight is 359 g/mol. The number of hydroxylamine groups is 1. The minimum atomic E-state index is -1.33. The first-order chi connectivity index (χ1) is 12.2. The highest BCUT2D eigenvalue weighted by molar-refractivity contribution is 6.23. The molecule has 26 heavy (non-hydrogen) atoms. The monoisotopic (exact) mass is 359 g/mol. The van der Waals surface area contributed by atoms with Gasteiger partial charge in [0.2, 0.25) is 0 Å². The molecule has 0 spiro atoms. The minimum Gasteiger partial charge on any atom is -0.298 e. The summed E-state index contributed by atoms with van der Waals surface area (Å²) in [4.78, 5) is 53.6. The Hall–Kier alpha value is -2.34. The molecular weight excluding hydrogens is 334 g/mol. The third kappa shape index (κ3) is 4.43. The van der Waals surface area contributed by atoms with Crippen LogP contribution in [-0.2, 0) is 24.0 Å². The first-order valence-electron chi connectivity index (χ1n) is 8.81. The summed E-state index contributed by atoms with van der Waals surface area (Å²) in [6, 6.07) is 4.07. The summed E-state index contributed by atoms with van der Waals surface area (Å²) in [7, 11) is 0. The van der Waals surface area contributed by atoms with E-state index in [0.717, 1.165) is 22.3 Å². The molecule has 0 heterocycles. The van der Waals surface area contributed by atoms with Gasteiger partial charge in [-0.1, -0.05) is 17.7 Å². The summed E-state index contributed by atoms with van der Waals surface area (Å²) in [6.07, 6.45) is -0.255. The van der Waals surface area contributed by atoms with E-state index in [1.165, 1.54) is 0 Å². The van der Waals surface area contributed by atoms with E-state index in [-0.39, 0.29) is 25.4 Å². The summed E-state index contributed by atoms with van der Waals surface area (Å²) in [5.74, 6) is -3.65. The van der Waals surface area contributed by atoms with E-state index in [0.29, 0.717) is 0 Å². The molecule has 2 rings (SSSR count). The van der Waals surface area contributed by atoms with Crippen LogP contribution in [0, 0.1) is 26.7 Å². The van der Waals surface area contributed by atoms with Crippen LogP contribution in [-0.4, -0.2) is 29.9 Å². The van der Waals surface area contributed by atoms with Crippen molar-refractivity contribution in [1.82, 2.24) is 5.48 Å². The lowest BCUT2D eigenvalue weighted by Gasteiger charge is -2.28. The molecule has 0 saturated heterocycles. The normalized spacial score (nSPS) is 20.2. The van der Waals surface area contributed by atoms with Crippen LogP contribution >= 0.6 is 0 Å². The molecule has 1 saturated carbocycles. The van der Waals surface area contributed by atoms with Gasteiger partial charge in [0, 0.05) is 12.8 Å². The molecule has 0 aliphatic heterocycles. The molecule has 0 aromatic heterocycles. The molecule has 1 fully saturated rings. The Morgan fingerprint density at radius 3 is 2.12 bits per heavy atom. The van der Waals surface area contributed by atoms with Crippen LogP contribution < -0.4 is 5.48 Å². The van der Waals surface area contributed by atoms with Gasteiger partial charge >= 0.3 is 0 Å². The van der Waals surface area contributed by atoms with Crippen LogP contribution in [0.5, 0.6) is 0 Å². The lowest BCUT2D eigenvalue weighted by Crippen LogP contribution is -2.40. The second-order valence-corrected chi connectivity index (χ2v) is 6.88. The fourth-order valence-corrected chi connectivity index (χ4v) is 3.82. The van der Waals surface area contributed by atoms with Crippen molar-refractivity contribution in [3.8, 4) is 0 Å². The van der Waals surface area contributed by atoms with Crippen molar-refractivity contribution >= 4 is 23.3 Å². The lowest BCUT2D eigenvalue weighted by molar-refractivity contribution is -0.144. The van der Waals surface area contributed by atoms with Gasteiger partial charge in [-0.15, -0.1) is 0 Å². The average Bonchev–Trinajstić information content (AvgIpc) is 2.51. The number of rotatable bonds is 6. The number of aryl methyl sites for hydroxylation is 3. The molecule has 1 aliphatic carbocycles. The van der Waals surface area contributed by atoms with Gasteiger partial charge in [0.1, 0.15) is 5.92 Å². The van der Waals surface area contributed by atoms with E-state index in [9.17, 15) is 19.2 Å². The highest BCUT2D eigenvalue weighted by Crippen LogP contribution is 2.36. The zero-order chi connectivity index (χ0) is 19.4. The highest BCUT2D eigenvalue weighted by atomic mass is 16.6. The molecule has 0 radical (unpaired) electrons. The van der Waals surface area contributed by atoms with Gasteiger partial charge in [-0.2, -0.15) is 0 Å². The molecule has 0 atom stereocenters. The summed E-state index contributed by atoms with van der Waals surface area (Å²) in [5.41, 5.74) is 6.35. The van der Waals surface area contributed by atoms with Crippen LogP contribution in [0.25, 0.3) is 0 Å². The third-order valence-electron chi connectivity index (χ3n) is 4.67. The van der Waals surface area contributed by atoms with Crippen molar-refractivity contribution in [3.05, 3.63) is 34.4 Å². The maximum Gasteiger partial charge on any atom is 0.251 e. The van der Waals surface area contributed by atoms with Gasteiger partial charge in [-0.05, 0) is 50.3 Å². The zero-order valence-corrected chi connectivity index (χ0v) is 15.7. The van der Waals surface area contributed by atoms with Crippen molar-refractivity contribution in [2.45, 2.75) is 52.9 Å². The molecule has 1 amide bonds. The number of hydrogen-bond acceptors (Lipinski definition) is 5. The number of carbonyl (C=O) groups is 4. The standard InChI is InChI=1S/C20H25NO5/c1-5-26-21-18(25)10-17(24)20-15(22)8-14(9-16(20)23)19-12(3)6-11(2)7-13(19)4/h6-7,14,20H,5,8-10H2,1-4H3,(H,21,25). The van der Waals surface area contributed by atoms with Crippen molar-refractivity contribution < 1.29 is 24.0 Å². The van der Waals surface area contributed by atoms with Crippen LogP contribution in [0.4, 0.5) is 0 Å². The molecule has 1 aromatic rings. The fraction of sp³-hybridized carbons (Fsp3) is 0.500. The van der Waals surface area contributed by atoms with Crippen LogP contribution in [0.15, 0.2) is 12.1 Å². The first kappa shape index (κ1) is 20.0. The molecule has 1 N–H and O–H groups in total. The van der Waals surface area contributed by atoms with Crippen LogP contribution in [0.2, 0.25) is 0 Å². The molecule has 0 bridgehead atoms. The maximum absolute atomic E-state index is 12.5. The fourth-order valence-electron chi connectivity index (χ4n) is 3.82. The summed E-state index contributed by atoms with van der Waals surface area (Å²) in [6.45, 7) is 7.89. The number of nitrogens with one attached hydrogen (secondary N) is 1. The number of benzene rings is 1. The van der Waals surface area contributed by atoms with Gasteiger partial charge in [0.05, 0.1) is 13.0 Å². The van der Waals surface area contributed by atoms with Crippen molar-refractivity contribution in [1.29, 1.82) is 0 Å². The van der Waals surface area contributed by atoms with Crippen molar-refractivity contribution in [3.63, 3.8) is 0 Å².